The summed E-state index contributed by atoms with van der Waals surface area (Å²) in [7, 11) is 3.25. The van der Waals surface area contributed by atoms with Crippen LogP contribution in [0.1, 0.15) is 11.4 Å². The van der Waals surface area contributed by atoms with Crippen LogP contribution in [0.2, 0.25) is 0 Å². The first-order valence-electron chi connectivity index (χ1n) is 5.94. The molecule has 0 bridgehead atoms. The third-order valence-electron chi connectivity index (χ3n) is 2.82. The Bertz CT molecular complexity index is 506. The van der Waals surface area contributed by atoms with Crippen LogP contribution in [0, 0.1) is 6.92 Å². The Labute approximate surface area is 107 Å². The molecule has 0 radical (unpaired) electrons. The van der Waals surface area contributed by atoms with Gasteiger partial charge in [-0.15, -0.1) is 0 Å². The van der Waals surface area contributed by atoms with E-state index in [2.05, 4.69) is 34.3 Å². The van der Waals surface area contributed by atoms with E-state index >= 15 is 0 Å². The van der Waals surface area contributed by atoms with E-state index in [1.807, 2.05) is 6.07 Å². The van der Waals surface area contributed by atoms with Gasteiger partial charge in [-0.2, -0.15) is 0 Å². The highest BCUT2D eigenvalue weighted by Crippen LogP contribution is 2.12. The van der Waals surface area contributed by atoms with Gasteiger partial charge in [0.15, 0.2) is 6.29 Å². The SMILES string of the molecule is COC(CNCc1nc2ccc(C)cc2[nH]1)OC. The average Bonchev–Trinajstić information content (AvgIpc) is 2.76. The number of aromatic amines is 1. The standard InChI is InChI=1S/C13H19N3O2/c1-9-4-5-10-11(6-9)16-12(15-10)7-14-8-13(17-2)18-3/h4-6,13-14H,7-8H2,1-3H3,(H,15,16). The Kier molecular flexibility index (Phi) is 4.30. The van der Waals surface area contributed by atoms with Crippen LogP contribution >= 0.6 is 0 Å². The van der Waals surface area contributed by atoms with Gasteiger partial charge in [-0.05, 0) is 24.6 Å². The highest BCUT2D eigenvalue weighted by atomic mass is 16.7. The lowest BCUT2D eigenvalue weighted by Crippen LogP contribution is -2.29. The molecule has 2 aromatic rings. The highest BCUT2D eigenvalue weighted by Gasteiger charge is 2.06. The number of ether oxygens (including phenoxy) is 2. The fourth-order valence-corrected chi connectivity index (χ4v) is 1.83. The first-order chi connectivity index (χ1) is 8.72. The molecular formula is C13H19N3O2. The highest BCUT2D eigenvalue weighted by molar-refractivity contribution is 5.75. The summed E-state index contributed by atoms with van der Waals surface area (Å²) in [6.07, 6.45) is -0.225. The second-order valence-corrected chi connectivity index (χ2v) is 4.24. The van der Waals surface area contributed by atoms with Gasteiger partial charge >= 0.3 is 0 Å². The summed E-state index contributed by atoms with van der Waals surface area (Å²) in [6.45, 7) is 3.36. The number of nitrogens with one attached hydrogen (secondary N) is 2. The van der Waals surface area contributed by atoms with E-state index in [-0.39, 0.29) is 6.29 Å². The molecule has 0 aliphatic heterocycles. The molecule has 0 amide bonds. The van der Waals surface area contributed by atoms with Crippen LogP contribution in [0.3, 0.4) is 0 Å². The van der Waals surface area contributed by atoms with Crippen molar-refractivity contribution in [3.8, 4) is 0 Å². The molecule has 5 heteroatoms. The number of fused-ring (bicyclic) bond motifs is 1. The summed E-state index contributed by atoms with van der Waals surface area (Å²) in [5.74, 6) is 0.918. The van der Waals surface area contributed by atoms with Crippen molar-refractivity contribution in [2.45, 2.75) is 19.8 Å². The molecule has 2 rings (SSSR count). The fraction of sp³-hybridized carbons (Fsp3) is 0.462. The lowest BCUT2D eigenvalue weighted by molar-refractivity contribution is -0.0989. The Morgan fingerprint density at radius 1 is 1.33 bits per heavy atom. The summed E-state index contributed by atoms with van der Waals surface area (Å²) in [5, 5.41) is 3.24. The predicted molar refractivity (Wildman–Crippen MR) is 70.3 cm³/mol. The minimum Gasteiger partial charge on any atom is -0.355 e. The molecule has 0 saturated heterocycles. The first kappa shape index (κ1) is 13.0. The molecule has 1 aromatic carbocycles. The van der Waals surface area contributed by atoms with Crippen LogP contribution in [-0.4, -0.2) is 37.0 Å². The molecule has 1 aromatic heterocycles. The Balaban J connectivity index is 1.95. The van der Waals surface area contributed by atoms with Gasteiger partial charge in [-0.25, -0.2) is 4.98 Å². The fourth-order valence-electron chi connectivity index (χ4n) is 1.83. The number of aryl methyl sites for hydroxylation is 1. The van der Waals surface area contributed by atoms with Crippen LogP contribution in [0.25, 0.3) is 11.0 Å². The number of rotatable bonds is 6. The molecule has 0 fully saturated rings. The van der Waals surface area contributed by atoms with Gasteiger partial charge in [0.1, 0.15) is 5.82 Å². The molecule has 0 aliphatic rings. The van der Waals surface area contributed by atoms with Gasteiger partial charge < -0.3 is 19.8 Å². The molecule has 5 nitrogen and oxygen atoms in total. The van der Waals surface area contributed by atoms with Gasteiger partial charge in [-0.1, -0.05) is 6.07 Å². The molecule has 0 saturated carbocycles. The minimum absolute atomic E-state index is 0.225. The second-order valence-electron chi connectivity index (χ2n) is 4.24. The Morgan fingerprint density at radius 2 is 2.11 bits per heavy atom. The molecule has 1 heterocycles. The summed E-state index contributed by atoms with van der Waals surface area (Å²) in [6, 6.07) is 6.18. The second kappa shape index (κ2) is 5.95. The van der Waals surface area contributed by atoms with Crippen LogP contribution in [0.5, 0.6) is 0 Å². The zero-order valence-corrected chi connectivity index (χ0v) is 11.0. The summed E-state index contributed by atoms with van der Waals surface area (Å²) < 4.78 is 10.2. The average molecular weight is 249 g/mol. The number of hydrogen-bond donors (Lipinski definition) is 2. The molecular weight excluding hydrogens is 230 g/mol. The van der Waals surface area contributed by atoms with Crippen molar-refractivity contribution in [2.75, 3.05) is 20.8 Å². The molecule has 18 heavy (non-hydrogen) atoms. The van der Waals surface area contributed by atoms with E-state index in [9.17, 15) is 0 Å². The van der Waals surface area contributed by atoms with Gasteiger partial charge in [0.2, 0.25) is 0 Å². The van der Waals surface area contributed by atoms with Gasteiger partial charge in [0.25, 0.3) is 0 Å². The number of H-pyrrole nitrogens is 1. The lowest BCUT2D eigenvalue weighted by Gasteiger charge is -2.13. The van der Waals surface area contributed by atoms with E-state index in [1.165, 1.54) is 5.56 Å². The molecule has 0 aliphatic carbocycles. The van der Waals surface area contributed by atoms with Crippen LogP contribution in [0.15, 0.2) is 18.2 Å². The van der Waals surface area contributed by atoms with Crippen LogP contribution in [0.4, 0.5) is 0 Å². The van der Waals surface area contributed by atoms with Gasteiger partial charge in [0.05, 0.1) is 17.6 Å². The van der Waals surface area contributed by atoms with Crippen LogP contribution in [-0.2, 0) is 16.0 Å². The van der Waals surface area contributed by atoms with Crippen molar-refractivity contribution in [1.82, 2.24) is 15.3 Å². The van der Waals surface area contributed by atoms with Crippen molar-refractivity contribution < 1.29 is 9.47 Å². The molecule has 0 atom stereocenters. The van der Waals surface area contributed by atoms with Crippen molar-refractivity contribution in [3.05, 3.63) is 29.6 Å². The van der Waals surface area contributed by atoms with Crippen molar-refractivity contribution in [2.24, 2.45) is 0 Å². The van der Waals surface area contributed by atoms with Gasteiger partial charge in [-0.3, -0.25) is 0 Å². The summed E-state index contributed by atoms with van der Waals surface area (Å²) in [4.78, 5) is 7.79. The lowest BCUT2D eigenvalue weighted by atomic mass is 10.2. The van der Waals surface area contributed by atoms with Crippen molar-refractivity contribution >= 4 is 11.0 Å². The topological polar surface area (TPSA) is 59.2 Å². The first-order valence-corrected chi connectivity index (χ1v) is 5.94. The largest absolute Gasteiger partial charge is 0.355 e. The van der Waals surface area contributed by atoms with E-state index < -0.39 is 0 Å². The van der Waals surface area contributed by atoms with E-state index in [4.69, 9.17) is 9.47 Å². The van der Waals surface area contributed by atoms with Gasteiger partial charge in [0, 0.05) is 20.8 Å². The number of hydrogen-bond acceptors (Lipinski definition) is 4. The number of aromatic nitrogens is 2. The zero-order valence-electron chi connectivity index (χ0n) is 11.0. The Morgan fingerprint density at radius 3 is 2.83 bits per heavy atom. The molecule has 0 spiro atoms. The van der Waals surface area contributed by atoms with E-state index in [0.717, 1.165) is 16.9 Å². The number of methoxy groups -OCH3 is 2. The minimum atomic E-state index is -0.225. The summed E-state index contributed by atoms with van der Waals surface area (Å²) in [5.41, 5.74) is 3.29. The molecule has 98 valence electrons. The normalized spacial score (nSPS) is 11.6. The number of benzene rings is 1. The smallest absolute Gasteiger partial charge is 0.169 e. The van der Waals surface area contributed by atoms with Crippen molar-refractivity contribution in [1.29, 1.82) is 0 Å². The van der Waals surface area contributed by atoms with E-state index in [0.29, 0.717) is 13.1 Å². The van der Waals surface area contributed by atoms with E-state index in [1.54, 1.807) is 14.2 Å². The molecule has 0 unspecified atom stereocenters. The Hall–Kier alpha value is -1.43. The monoisotopic (exact) mass is 249 g/mol. The predicted octanol–water partition coefficient (Wildman–Crippen LogP) is 1.58. The third-order valence-corrected chi connectivity index (χ3v) is 2.82. The maximum absolute atomic E-state index is 5.10. The molecule has 2 N–H and O–H groups in total. The van der Waals surface area contributed by atoms with Crippen molar-refractivity contribution in [3.63, 3.8) is 0 Å². The maximum atomic E-state index is 5.10. The third kappa shape index (κ3) is 3.07. The maximum Gasteiger partial charge on any atom is 0.169 e. The summed E-state index contributed by atoms with van der Waals surface area (Å²) >= 11 is 0. The number of nitrogens with zero attached hydrogens (tertiary/aromatic N) is 1. The van der Waals surface area contributed by atoms with Crippen LogP contribution < -0.4 is 5.32 Å². The number of imidazole rings is 1. The quantitative estimate of drug-likeness (QED) is 0.763. The zero-order chi connectivity index (χ0) is 13.0.